The Morgan fingerprint density at radius 3 is 1.15 bits per heavy atom. The molecule has 6 nitrogen and oxygen atoms in total. The molecule has 0 saturated heterocycles. The second-order valence-electron chi connectivity index (χ2n) is 4.90. The van der Waals surface area contributed by atoms with Crippen LogP contribution in [-0.2, 0) is 14.2 Å². The van der Waals surface area contributed by atoms with Crippen LogP contribution in [0.25, 0.3) is 0 Å². The number of unbranched alkanes of at least 4 members (excludes halogenated alkanes) is 3. The molecule has 0 fully saturated rings. The van der Waals surface area contributed by atoms with Crippen molar-refractivity contribution in [1.29, 1.82) is 0 Å². The molecule has 0 aliphatic carbocycles. The molecule has 0 unspecified atom stereocenters. The molecule has 0 amide bonds. The van der Waals surface area contributed by atoms with Crippen molar-refractivity contribution in [3.8, 4) is 0 Å². The molecule has 0 radical (unpaired) electrons. The second kappa shape index (κ2) is 13.7. The largest absolute Gasteiger partial charge is 0.330 e. The number of hydrogen-bond donors (Lipinski definition) is 3. The number of nitrogens with two attached hydrogens (primary N) is 3. The van der Waals surface area contributed by atoms with Crippen LogP contribution in [0.2, 0.25) is 0 Å². The van der Waals surface area contributed by atoms with E-state index in [1.807, 2.05) is 6.92 Å². The topological polar surface area (TPSA) is 106 Å². The second-order valence-corrected chi connectivity index (χ2v) is 4.90. The van der Waals surface area contributed by atoms with Gasteiger partial charge in [0.05, 0.1) is 19.8 Å². The zero-order valence-electron chi connectivity index (χ0n) is 12.9. The van der Waals surface area contributed by atoms with E-state index in [0.717, 1.165) is 38.5 Å². The van der Waals surface area contributed by atoms with E-state index in [1.54, 1.807) is 0 Å². The van der Waals surface area contributed by atoms with Gasteiger partial charge in [0.15, 0.2) is 0 Å². The summed E-state index contributed by atoms with van der Waals surface area (Å²) in [5, 5.41) is 0. The first-order chi connectivity index (χ1) is 9.68. The highest BCUT2D eigenvalue weighted by Crippen LogP contribution is 2.17. The van der Waals surface area contributed by atoms with Gasteiger partial charge in [0.1, 0.15) is 0 Å². The van der Waals surface area contributed by atoms with Crippen LogP contribution in [0.1, 0.15) is 45.4 Å². The van der Waals surface area contributed by atoms with Crippen LogP contribution in [0.15, 0.2) is 0 Å². The van der Waals surface area contributed by atoms with Crippen molar-refractivity contribution in [3.05, 3.63) is 0 Å². The van der Waals surface area contributed by atoms with E-state index >= 15 is 0 Å². The van der Waals surface area contributed by atoms with Gasteiger partial charge >= 0.3 is 0 Å². The van der Waals surface area contributed by atoms with Crippen LogP contribution in [0, 0.1) is 0 Å². The average molecular weight is 291 g/mol. The van der Waals surface area contributed by atoms with Crippen LogP contribution in [-0.4, -0.2) is 45.4 Å². The van der Waals surface area contributed by atoms with Crippen LogP contribution >= 0.6 is 0 Å². The average Bonchev–Trinajstić information content (AvgIpc) is 2.45. The lowest BCUT2D eigenvalue weighted by atomic mass is 10.3. The van der Waals surface area contributed by atoms with Gasteiger partial charge in [-0.15, -0.1) is 0 Å². The van der Waals surface area contributed by atoms with E-state index < -0.39 is 5.97 Å². The van der Waals surface area contributed by atoms with Crippen molar-refractivity contribution < 1.29 is 14.2 Å². The van der Waals surface area contributed by atoms with Crippen LogP contribution < -0.4 is 17.2 Å². The van der Waals surface area contributed by atoms with Gasteiger partial charge in [-0.3, -0.25) is 0 Å². The van der Waals surface area contributed by atoms with Crippen molar-refractivity contribution in [1.82, 2.24) is 0 Å². The quantitative estimate of drug-likeness (QED) is 0.306. The lowest BCUT2D eigenvalue weighted by molar-refractivity contribution is -0.370. The normalized spacial score (nSPS) is 12.0. The number of rotatable bonds is 15. The highest BCUT2D eigenvalue weighted by atomic mass is 16.9. The first-order valence-electron chi connectivity index (χ1n) is 7.70. The Labute approximate surface area is 123 Å². The lowest BCUT2D eigenvalue weighted by Gasteiger charge is -2.30. The highest BCUT2D eigenvalue weighted by Gasteiger charge is 2.26. The monoisotopic (exact) mass is 291 g/mol. The zero-order valence-corrected chi connectivity index (χ0v) is 12.9. The molecule has 0 aromatic rings. The van der Waals surface area contributed by atoms with Gasteiger partial charge in [-0.25, -0.2) is 0 Å². The van der Waals surface area contributed by atoms with Gasteiger partial charge in [-0.05, 0) is 58.2 Å². The molecule has 6 N–H and O–H groups in total. The Kier molecular flexibility index (Phi) is 13.6. The Bertz CT molecular complexity index is 175. The lowest BCUT2D eigenvalue weighted by Crippen LogP contribution is -2.37. The van der Waals surface area contributed by atoms with E-state index in [1.165, 1.54) is 0 Å². The van der Waals surface area contributed by atoms with E-state index in [2.05, 4.69) is 0 Å². The predicted octanol–water partition coefficient (Wildman–Crippen LogP) is 0.927. The van der Waals surface area contributed by atoms with Crippen LogP contribution in [0.4, 0.5) is 0 Å². The minimum Gasteiger partial charge on any atom is -0.330 e. The fourth-order valence-corrected chi connectivity index (χ4v) is 1.64. The van der Waals surface area contributed by atoms with Crippen LogP contribution in [0.5, 0.6) is 0 Å². The highest BCUT2D eigenvalue weighted by molar-refractivity contribution is 4.52. The first-order valence-corrected chi connectivity index (χ1v) is 7.70. The van der Waals surface area contributed by atoms with Gasteiger partial charge in [0.25, 0.3) is 5.97 Å². The van der Waals surface area contributed by atoms with E-state index in [9.17, 15) is 0 Å². The third-order valence-corrected chi connectivity index (χ3v) is 2.89. The molecular weight excluding hydrogens is 258 g/mol. The molecular formula is C14H33N3O3. The first kappa shape index (κ1) is 19.8. The smallest absolute Gasteiger partial charge is 0.279 e. The maximum atomic E-state index is 5.73. The molecule has 0 heterocycles. The van der Waals surface area contributed by atoms with Gasteiger partial charge in [-0.2, -0.15) is 0 Å². The summed E-state index contributed by atoms with van der Waals surface area (Å²) in [6.45, 7) is 5.60. The van der Waals surface area contributed by atoms with E-state index in [-0.39, 0.29) is 0 Å². The fourth-order valence-electron chi connectivity index (χ4n) is 1.64. The molecule has 20 heavy (non-hydrogen) atoms. The molecule has 0 saturated carbocycles. The molecule has 6 heteroatoms. The van der Waals surface area contributed by atoms with Crippen molar-refractivity contribution in [2.75, 3.05) is 39.5 Å². The van der Waals surface area contributed by atoms with Crippen molar-refractivity contribution >= 4 is 0 Å². The molecule has 0 bridgehead atoms. The summed E-state index contributed by atoms with van der Waals surface area (Å²) in [4.78, 5) is 0. The summed E-state index contributed by atoms with van der Waals surface area (Å²) in [7, 11) is 0. The summed E-state index contributed by atoms with van der Waals surface area (Å²) in [5.41, 5.74) is 16.4. The van der Waals surface area contributed by atoms with Crippen molar-refractivity contribution in [2.24, 2.45) is 17.2 Å². The molecule has 0 aliphatic heterocycles. The van der Waals surface area contributed by atoms with Gasteiger partial charge in [0, 0.05) is 6.92 Å². The third kappa shape index (κ3) is 11.6. The van der Waals surface area contributed by atoms with Crippen molar-refractivity contribution in [3.63, 3.8) is 0 Å². The minimum absolute atomic E-state index is 0.585. The molecule has 0 aliphatic rings. The summed E-state index contributed by atoms with van der Waals surface area (Å²) >= 11 is 0. The molecule has 0 atom stereocenters. The summed E-state index contributed by atoms with van der Waals surface area (Å²) < 4.78 is 17.2. The van der Waals surface area contributed by atoms with Gasteiger partial charge < -0.3 is 31.4 Å². The molecule has 0 aromatic carbocycles. The Morgan fingerprint density at radius 2 is 0.900 bits per heavy atom. The maximum Gasteiger partial charge on any atom is 0.279 e. The third-order valence-electron chi connectivity index (χ3n) is 2.89. The van der Waals surface area contributed by atoms with Crippen molar-refractivity contribution in [2.45, 2.75) is 51.4 Å². The van der Waals surface area contributed by atoms with E-state index in [0.29, 0.717) is 39.5 Å². The summed E-state index contributed by atoms with van der Waals surface area (Å²) in [6.07, 6.45) is 5.54. The Hall–Kier alpha value is -0.240. The molecule has 0 spiro atoms. The molecule has 122 valence electrons. The van der Waals surface area contributed by atoms with E-state index in [4.69, 9.17) is 31.4 Å². The minimum atomic E-state index is -0.974. The van der Waals surface area contributed by atoms with Crippen LogP contribution in [0.3, 0.4) is 0 Å². The molecule has 0 aromatic heterocycles. The predicted molar refractivity (Wildman–Crippen MR) is 81.1 cm³/mol. The molecule has 0 rings (SSSR count). The Morgan fingerprint density at radius 1 is 0.600 bits per heavy atom. The maximum absolute atomic E-state index is 5.73. The Balaban J connectivity index is 3.98. The summed E-state index contributed by atoms with van der Waals surface area (Å²) in [6, 6.07) is 0. The van der Waals surface area contributed by atoms with Gasteiger partial charge in [-0.1, -0.05) is 0 Å². The SMILES string of the molecule is CC(OCCCCN)(OCCCCN)OCCCCN. The zero-order chi connectivity index (χ0) is 15.1. The fraction of sp³-hybridized carbons (Fsp3) is 1.00. The number of ether oxygens (including phenoxy) is 3. The summed E-state index contributed by atoms with van der Waals surface area (Å²) in [5.74, 6) is -0.974. The standard InChI is InChI=1S/C14H33N3O3/c1-14(18-11-5-2-8-15,19-12-6-3-9-16)20-13-7-4-10-17/h2-13,15-17H2,1H3. The van der Waals surface area contributed by atoms with Gasteiger partial charge in [0.2, 0.25) is 0 Å². The number of hydrogen-bond acceptors (Lipinski definition) is 6.